The molecule has 1 unspecified atom stereocenters. The van der Waals surface area contributed by atoms with Gasteiger partial charge in [0.05, 0.1) is 0 Å². The zero-order valence-corrected chi connectivity index (χ0v) is 11.0. The summed E-state index contributed by atoms with van der Waals surface area (Å²) in [6, 6.07) is 11.0. The van der Waals surface area contributed by atoms with Crippen LogP contribution >= 0.6 is 24.8 Å². The lowest BCUT2D eigenvalue weighted by atomic mass is 10.1. The molecule has 0 amide bonds. The number of nitrogens with zero attached hydrogens (tertiary/aromatic N) is 1. The zero-order valence-electron chi connectivity index (χ0n) is 9.34. The fourth-order valence-corrected chi connectivity index (χ4v) is 2.08. The largest absolute Gasteiger partial charge is 0.327 e. The molecule has 1 aromatic carbocycles. The number of rotatable bonds is 2. The number of piperidine rings is 1. The van der Waals surface area contributed by atoms with E-state index < -0.39 is 0 Å². The highest BCUT2D eigenvalue weighted by atomic mass is 35.5. The van der Waals surface area contributed by atoms with Crippen molar-refractivity contribution in [2.45, 2.75) is 25.4 Å². The van der Waals surface area contributed by atoms with E-state index >= 15 is 0 Å². The summed E-state index contributed by atoms with van der Waals surface area (Å²) in [4.78, 5) is 2.45. The Hall–Kier alpha value is -0.280. The molecule has 0 saturated carbocycles. The highest BCUT2D eigenvalue weighted by molar-refractivity contribution is 5.85. The van der Waals surface area contributed by atoms with Gasteiger partial charge >= 0.3 is 0 Å². The summed E-state index contributed by atoms with van der Waals surface area (Å²) in [6.07, 6.45) is 2.43. The first kappa shape index (κ1) is 15.7. The third kappa shape index (κ3) is 4.71. The summed E-state index contributed by atoms with van der Waals surface area (Å²) in [7, 11) is 0. The minimum atomic E-state index is 0. The summed E-state index contributed by atoms with van der Waals surface area (Å²) in [5.41, 5.74) is 7.33. The molecule has 0 aliphatic carbocycles. The molecule has 1 saturated heterocycles. The van der Waals surface area contributed by atoms with Gasteiger partial charge in [-0.15, -0.1) is 24.8 Å². The van der Waals surface area contributed by atoms with E-state index in [1.807, 2.05) is 0 Å². The second-order valence-corrected chi connectivity index (χ2v) is 4.12. The number of likely N-dealkylation sites (tertiary alicyclic amines) is 1. The first-order valence-corrected chi connectivity index (χ1v) is 5.36. The third-order valence-electron chi connectivity index (χ3n) is 2.79. The molecule has 0 aromatic heterocycles. The van der Waals surface area contributed by atoms with Crippen molar-refractivity contribution >= 4 is 24.8 Å². The molecule has 0 bridgehead atoms. The minimum Gasteiger partial charge on any atom is -0.327 e. The highest BCUT2D eigenvalue weighted by Crippen LogP contribution is 2.11. The van der Waals surface area contributed by atoms with Crippen LogP contribution < -0.4 is 5.73 Å². The summed E-state index contributed by atoms with van der Waals surface area (Å²) in [6.45, 7) is 3.30. The first-order valence-electron chi connectivity index (χ1n) is 5.36. The number of hydrogen-bond acceptors (Lipinski definition) is 2. The van der Waals surface area contributed by atoms with Gasteiger partial charge in [0.1, 0.15) is 0 Å². The van der Waals surface area contributed by atoms with Crippen LogP contribution in [0.3, 0.4) is 0 Å². The zero-order chi connectivity index (χ0) is 9.80. The molecule has 2 nitrogen and oxygen atoms in total. The fourth-order valence-electron chi connectivity index (χ4n) is 2.08. The Morgan fingerprint density at radius 3 is 2.50 bits per heavy atom. The molecule has 92 valence electrons. The fraction of sp³-hybridized carbons (Fsp3) is 0.500. The molecular weight excluding hydrogens is 243 g/mol. The summed E-state index contributed by atoms with van der Waals surface area (Å²) in [5, 5.41) is 0. The lowest BCUT2D eigenvalue weighted by Gasteiger charge is -2.30. The van der Waals surface area contributed by atoms with Gasteiger partial charge in [0.15, 0.2) is 0 Å². The standard InChI is InChI=1S/C12H18N2.2ClH/c13-12-7-4-8-14(10-12)9-11-5-2-1-3-6-11;;/h1-3,5-6,12H,4,7-10,13H2;2*1H. The van der Waals surface area contributed by atoms with Crippen LogP contribution in [0.25, 0.3) is 0 Å². The van der Waals surface area contributed by atoms with E-state index in [1.165, 1.54) is 24.9 Å². The molecule has 2 rings (SSSR count). The molecule has 1 atom stereocenters. The third-order valence-corrected chi connectivity index (χ3v) is 2.79. The van der Waals surface area contributed by atoms with E-state index in [4.69, 9.17) is 5.73 Å². The molecule has 1 heterocycles. The monoisotopic (exact) mass is 262 g/mol. The van der Waals surface area contributed by atoms with Crippen LogP contribution in [-0.4, -0.2) is 24.0 Å². The first-order chi connectivity index (χ1) is 6.84. The molecule has 1 aromatic rings. The maximum Gasteiger partial charge on any atom is 0.0234 e. The van der Waals surface area contributed by atoms with Gasteiger partial charge in [-0.2, -0.15) is 0 Å². The van der Waals surface area contributed by atoms with Crippen molar-refractivity contribution in [3.8, 4) is 0 Å². The Bertz CT molecular complexity index is 280. The highest BCUT2D eigenvalue weighted by Gasteiger charge is 2.15. The average Bonchev–Trinajstić information content (AvgIpc) is 2.19. The van der Waals surface area contributed by atoms with Crippen molar-refractivity contribution in [2.24, 2.45) is 5.73 Å². The summed E-state index contributed by atoms with van der Waals surface area (Å²) >= 11 is 0. The molecule has 2 N–H and O–H groups in total. The lowest BCUT2D eigenvalue weighted by Crippen LogP contribution is -2.42. The molecule has 0 radical (unpaired) electrons. The molecule has 4 heteroatoms. The quantitative estimate of drug-likeness (QED) is 0.888. The Kier molecular flexibility index (Phi) is 7.77. The van der Waals surface area contributed by atoms with Gasteiger partial charge in [0.25, 0.3) is 0 Å². The SMILES string of the molecule is Cl.Cl.NC1CCCN(Cc2ccccc2)C1. The van der Waals surface area contributed by atoms with E-state index in [0.29, 0.717) is 6.04 Å². The van der Waals surface area contributed by atoms with Crippen molar-refractivity contribution < 1.29 is 0 Å². The summed E-state index contributed by atoms with van der Waals surface area (Å²) in [5.74, 6) is 0. The minimum absolute atomic E-state index is 0. The van der Waals surface area contributed by atoms with Crippen LogP contribution in [0.2, 0.25) is 0 Å². The van der Waals surface area contributed by atoms with Gasteiger partial charge in [0.2, 0.25) is 0 Å². The van der Waals surface area contributed by atoms with Gasteiger partial charge < -0.3 is 5.73 Å². The predicted octanol–water partition coefficient (Wildman–Crippen LogP) is 2.45. The summed E-state index contributed by atoms with van der Waals surface area (Å²) < 4.78 is 0. The smallest absolute Gasteiger partial charge is 0.0234 e. The average molecular weight is 263 g/mol. The van der Waals surface area contributed by atoms with Gasteiger partial charge in [-0.1, -0.05) is 30.3 Å². The van der Waals surface area contributed by atoms with E-state index in [9.17, 15) is 0 Å². The Balaban J connectivity index is 0.00000112. The van der Waals surface area contributed by atoms with Crippen molar-refractivity contribution in [3.05, 3.63) is 35.9 Å². The van der Waals surface area contributed by atoms with E-state index in [-0.39, 0.29) is 24.8 Å². The number of nitrogens with two attached hydrogens (primary N) is 1. The van der Waals surface area contributed by atoms with Crippen molar-refractivity contribution in [3.63, 3.8) is 0 Å². The Morgan fingerprint density at radius 2 is 1.88 bits per heavy atom. The molecule has 1 fully saturated rings. The van der Waals surface area contributed by atoms with Crippen molar-refractivity contribution in [1.82, 2.24) is 4.90 Å². The Labute approximate surface area is 110 Å². The maximum atomic E-state index is 5.94. The molecule has 1 aliphatic rings. The normalized spacial score (nSPS) is 20.7. The maximum absolute atomic E-state index is 5.94. The number of halogens is 2. The van der Waals surface area contributed by atoms with Crippen LogP contribution in [0.15, 0.2) is 30.3 Å². The van der Waals surface area contributed by atoms with Crippen molar-refractivity contribution in [2.75, 3.05) is 13.1 Å². The topological polar surface area (TPSA) is 29.3 Å². The van der Waals surface area contributed by atoms with Gasteiger partial charge in [0, 0.05) is 19.1 Å². The van der Waals surface area contributed by atoms with Gasteiger partial charge in [-0.3, -0.25) is 4.90 Å². The molecule has 1 aliphatic heterocycles. The number of hydrogen-bond donors (Lipinski definition) is 1. The van der Waals surface area contributed by atoms with Crippen molar-refractivity contribution in [1.29, 1.82) is 0 Å². The van der Waals surface area contributed by atoms with Crippen LogP contribution in [0, 0.1) is 0 Å². The Morgan fingerprint density at radius 1 is 1.19 bits per heavy atom. The lowest BCUT2D eigenvalue weighted by molar-refractivity contribution is 0.201. The van der Waals surface area contributed by atoms with E-state index in [2.05, 4.69) is 35.2 Å². The number of benzene rings is 1. The second kappa shape index (κ2) is 7.91. The van der Waals surface area contributed by atoms with Gasteiger partial charge in [-0.25, -0.2) is 0 Å². The van der Waals surface area contributed by atoms with Crippen LogP contribution in [0.5, 0.6) is 0 Å². The predicted molar refractivity (Wildman–Crippen MR) is 73.4 cm³/mol. The molecular formula is C12H20Cl2N2. The van der Waals surface area contributed by atoms with Crippen LogP contribution in [0.4, 0.5) is 0 Å². The molecule has 16 heavy (non-hydrogen) atoms. The molecule has 0 spiro atoms. The van der Waals surface area contributed by atoms with E-state index in [1.54, 1.807) is 0 Å². The van der Waals surface area contributed by atoms with Crippen LogP contribution in [-0.2, 0) is 6.54 Å². The van der Waals surface area contributed by atoms with Crippen LogP contribution in [0.1, 0.15) is 18.4 Å². The second-order valence-electron chi connectivity index (χ2n) is 4.12. The van der Waals surface area contributed by atoms with Gasteiger partial charge in [-0.05, 0) is 24.9 Å². The van der Waals surface area contributed by atoms with E-state index in [0.717, 1.165) is 13.1 Å².